The summed E-state index contributed by atoms with van der Waals surface area (Å²) in [4.78, 5) is 10.9. The van der Waals surface area contributed by atoms with Crippen molar-refractivity contribution in [3.8, 4) is 5.75 Å². The summed E-state index contributed by atoms with van der Waals surface area (Å²) in [7, 11) is 5.81. The molecule has 4 nitrogen and oxygen atoms in total. The van der Waals surface area contributed by atoms with Gasteiger partial charge >= 0.3 is 0 Å². The highest BCUT2D eigenvalue weighted by Crippen LogP contribution is 2.38. The van der Waals surface area contributed by atoms with Crippen LogP contribution in [0.5, 0.6) is 5.75 Å². The maximum atomic E-state index is 5.87. The van der Waals surface area contributed by atoms with Crippen molar-refractivity contribution in [3.63, 3.8) is 0 Å². The first kappa shape index (κ1) is 16.0. The van der Waals surface area contributed by atoms with Crippen LogP contribution in [0, 0.1) is 6.92 Å². The van der Waals surface area contributed by atoms with Crippen LogP contribution in [0.3, 0.4) is 0 Å². The van der Waals surface area contributed by atoms with E-state index < -0.39 is 0 Å². The minimum Gasteiger partial charge on any atom is -0.453 e. The van der Waals surface area contributed by atoms with Crippen molar-refractivity contribution in [3.05, 3.63) is 41.7 Å². The van der Waals surface area contributed by atoms with Gasteiger partial charge in [-0.25, -0.2) is 4.99 Å². The molecule has 0 unspecified atom stereocenters. The van der Waals surface area contributed by atoms with Gasteiger partial charge in [-0.3, -0.25) is 4.99 Å². The van der Waals surface area contributed by atoms with E-state index in [1.54, 1.807) is 7.05 Å². The van der Waals surface area contributed by atoms with Crippen molar-refractivity contribution in [1.82, 2.24) is 0 Å². The first-order valence-electron chi connectivity index (χ1n) is 7.23. The second-order valence-electron chi connectivity index (χ2n) is 5.66. The van der Waals surface area contributed by atoms with Crippen LogP contribution in [0.4, 0.5) is 11.4 Å². The molecule has 0 saturated heterocycles. The fourth-order valence-corrected chi connectivity index (χ4v) is 2.29. The average Bonchev–Trinajstić information content (AvgIpc) is 2.46. The molecule has 0 spiro atoms. The number of fused-ring (bicyclic) bond motifs is 1. The molecule has 22 heavy (non-hydrogen) atoms. The van der Waals surface area contributed by atoms with Crippen LogP contribution in [0.25, 0.3) is 0 Å². The summed E-state index contributed by atoms with van der Waals surface area (Å²) in [6.07, 6.45) is 1.96. The second kappa shape index (κ2) is 6.18. The Morgan fingerprint density at radius 1 is 1.32 bits per heavy atom. The molecular formula is C18H23N3O. The molecule has 1 aliphatic rings. The largest absolute Gasteiger partial charge is 0.453 e. The number of benzene rings is 1. The summed E-state index contributed by atoms with van der Waals surface area (Å²) < 4.78 is 5.87. The summed E-state index contributed by atoms with van der Waals surface area (Å²) in [5.41, 5.74) is 5.88. The highest BCUT2D eigenvalue weighted by atomic mass is 16.5. The smallest absolute Gasteiger partial charge is 0.155 e. The zero-order valence-electron chi connectivity index (χ0n) is 14.2. The molecule has 0 bridgehead atoms. The Kier molecular flexibility index (Phi) is 4.50. The Hall–Kier alpha value is -2.36. The number of nitrogens with zero attached hydrogens (tertiary/aromatic N) is 3. The predicted octanol–water partition coefficient (Wildman–Crippen LogP) is 4.08. The lowest BCUT2D eigenvalue weighted by Crippen LogP contribution is -2.14. The topological polar surface area (TPSA) is 37.2 Å². The van der Waals surface area contributed by atoms with Gasteiger partial charge < -0.3 is 9.64 Å². The second-order valence-corrected chi connectivity index (χ2v) is 5.66. The third kappa shape index (κ3) is 3.11. The van der Waals surface area contributed by atoms with Gasteiger partial charge in [0.25, 0.3) is 0 Å². The Morgan fingerprint density at radius 2 is 2.00 bits per heavy atom. The molecule has 4 heteroatoms. The van der Waals surface area contributed by atoms with Crippen LogP contribution < -0.4 is 9.64 Å². The number of anilines is 1. The van der Waals surface area contributed by atoms with Gasteiger partial charge in [-0.2, -0.15) is 0 Å². The van der Waals surface area contributed by atoms with Gasteiger partial charge in [-0.1, -0.05) is 6.58 Å². The van der Waals surface area contributed by atoms with Gasteiger partial charge in [0, 0.05) is 38.6 Å². The Bertz CT molecular complexity index is 709. The summed E-state index contributed by atoms with van der Waals surface area (Å²) >= 11 is 0. The van der Waals surface area contributed by atoms with Crippen molar-refractivity contribution < 1.29 is 4.74 Å². The minimum absolute atomic E-state index is 0.560. The van der Waals surface area contributed by atoms with E-state index in [1.165, 1.54) is 0 Å². The summed E-state index contributed by atoms with van der Waals surface area (Å²) in [6, 6.07) is 4.05. The number of hydrogen-bond acceptors (Lipinski definition) is 4. The first-order chi connectivity index (χ1) is 10.3. The van der Waals surface area contributed by atoms with Gasteiger partial charge in [0.15, 0.2) is 5.75 Å². The van der Waals surface area contributed by atoms with E-state index in [1.807, 2.05) is 46.2 Å². The van der Waals surface area contributed by atoms with Crippen LogP contribution >= 0.6 is 0 Å². The molecule has 0 fully saturated rings. The fraction of sp³-hybridized carbons (Fsp3) is 0.333. The monoisotopic (exact) mass is 297 g/mol. The fourth-order valence-electron chi connectivity index (χ4n) is 2.29. The van der Waals surface area contributed by atoms with E-state index in [2.05, 4.69) is 28.4 Å². The van der Waals surface area contributed by atoms with Gasteiger partial charge in [0.05, 0.1) is 0 Å². The van der Waals surface area contributed by atoms with Gasteiger partial charge in [0.2, 0.25) is 0 Å². The Balaban J connectivity index is 2.48. The molecule has 0 amide bonds. The normalized spacial score (nSPS) is 15.2. The van der Waals surface area contributed by atoms with E-state index in [0.29, 0.717) is 5.76 Å². The molecule has 116 valence electrons. The van der Waals surface area contributed by atoms with E-state index in [-0.39, 0.29) is 0 Å². The zero-order valence-corrected chi connectivity index (χ0v) is 14.2. The molecule has 1 aliphatic heterocycles. The van der Waals surface area contributed by atoms with Crippen molar-refractivity contribution in [1.29, 1.82) is 0 Å². The van der Waals surface area contributed by atoms with E-state index in [4.69, 9.17) is 4.74 Å². The average molecular weight is 297 g/mol. The summed E-state index contributed by atoms with van der Waals surface area (Å²) in [6.45, 7) is 10.0. The Morgan fingerprint density at radius 3 is 2.59 bits per heavy atom. The van der Waals surface area contributed by atoms with Crippen LogP contribution in [0.2, 0.25) is 0 Å². The third-order valence-corrected chi connectivity index (χ3v) is 3.78. The standard InChI is InChI=1S/C18H23N3O/c1-11(13(3)19-5)8-15-14(4)22-18-10-17(21(6)7)12(2)9-16(18)20-15/h8-10H,4H2,1-3,5-7H3/b11-8-,19-13-. The highest BCUT2D eigenvalue weighted by molar-refractivity contribution is 6.14. The van der Waals surface area contributed by atoms with Crippen molar-refractivity contribution in [2.24, 2.45) is 9.98 Å². The van der Waals surface area contributed by atoms with Crippen LogP contribution in [0.1, 0.15) is 19.4 Å². The quantitative estimate of drug-likeness (QED) is 0.788. The van der Waals surface area contributed by atoms with Crippen LogP contribution in [-0.2, 0) is 0 Å². The van der Waals surface area contributed by atoms with Crippen LogP contribution in [-0.4, -0.2) is 32.6 Å². The van der Waals surface area contributed by atoms with E-state index in [0.717, 1.165) is 39.7 Å². The lowest BCUT2D eigenvalue weighted by atomic mass is 10.1. The number of rotatable bonds is 3. The van der Waals surface area contributed by atoms with E-state index in [9.17, 15) is 0 Å². The zero-order chi connectivity index (χ0) is 16.4. The number of ether oxygens (including phenoxy) is 1. The lowest BCUT2D eigenvalue weighted by Gasteiger charge is -2.22. The first-order valence-corrected chi connectivity index (χ1v) is 7.23. The van der Waals surface area contributed by atoms with Crippen LogP contribution in [0.15, 0.2) is 46.1 Å². The highest BCUT2D eigenvalue weighted by Gasteiger charge is 2.18. The molecular weight excluding hydrogens is 274 g/mol. The maximum absolute atomic E-state index is 5.87. The molecule has 0 aliphatic carbocycles. The molecule has 0 radical (unpaired) electrons. The van der Waals surface area contributed by atoms with Gasteiger partial charge in [0.1, 0.15) is 17.2 Å². The van der Waals surface area contributed by atoms with Gasteiger partial charge in [-0.05, 0) is 44.1 Å². The molecule has 2 rings (SSSR count). The third-order valence-electron chi connectivity index (χ3n) is 3.78. The molecule has 0 atom stereocenters. The minimum atomic E-state index is 0.560. The number of aliphatic imine (C=N–C) groups is 2. The predicted molar refractivity (Wildman–Crippen MR) is 95.2 cm³/mol. The summed E-state index contributed by atoms with van der Waals surface area (Å²) in [5, 5.41) is 0. The molecule has 1 aromatic rings. The number of aryl methyl sites for hydroxylation is 1. The van der Waals surface area contributed by atoms with E-state index >= 15 is 0 Å². The summed E-state index contributed by atoms with van der Waals surface area (Å²) in [5.74, 6) is 1.30. The van der Waals surface area contributed by atoms with Gasteiger partial charge in [-0.15, -0.1) is 0 Å². The maximum Gasteiger partial charge on any atom is 0.155 e. The molecule has 1 aromatic carbocycles. The molecule has 0 aromatic heterocycles. The Labute approximate surface area is 132 Å². The number of hydrogen-bond donors (Lipinski definition) is 0. The molecule has 1 heterocycles. The molecule has 0 N–H and O–H groups in total. The molecule has 0 saturated carbocycles. The van der Waals surface area contributed by atoms with Crippen molar-refractivity contribution in [2.45, 2.75) is 20.8 Å². The SMILES string of the molecule is C=C1Oc2cc(N(C)C)c(C)cc2N=C1/C=C(C)\C(C)=N/C. The lowest BCUT2D eigenvalue weighted by molar-refractivity contribution is 0.453. The van der Waals surface area contributed by atoms with Crippen molar-refractivity contribution >= 4 is 22.8 Å². The number of allylic oxidation sites excluding steroid dienone is 2. The van der Waals surface area contributed by atoms with Crippen molar-refractivity contribution in [2.75, 3.05) is 26.0 Å².